The molecule has 4 N–H and O–H groups in total. The molecule has 0 fully saturated rings. The monoisotopic (exact) mass is 397 g/mol. The molecule has 0 heterocycles. The van der Waals surface area contributed by atoms with Crippen molar-refractivity contribution in [3.05, 3.63) is 71.8 Å². The molecule has 0 aromatic heterocycles. The van der Waals surface area contributed by atoms with Gasteiger partial charge in [0.2, 0.25) is 17.7 Å². The maximum atomic E-state index is 12.5. The van der Waals surface area contributed by atoms with Gasteiger partial charge in [0, 0.05) is 26.1 Å². The van der Waals surface area contributed by atoms with E-state index in [1.807, 2.05) is 60.7 Å². The summed E-state index contributed by atoms with van der Waals surface area (Å²) in [6, 6.07) is 18.8. The predicted octanol–water partition coefficient (Wildman–Crippen LogP) is 1.12. The number of amides is 3. The van der Waals surface area contributed by atoms with Crippen molar-refractivity contribution in [2.24, 2.45) is 5.92 Å². The molecule has 2 rings (SSSR count). The smallest absolute Gasteiger partial charge is 0.232 e. The summed E-state index contributed by atoms with van der Waals surface area (Å²) in [4.78, 5) is 37.0. The highest BCUT2D eigenvalue weighted by Crippen LogP contribution is 2.09. The quantitative estimate of drug-likeness (QED) is 0.426. The van der Waals surface area contributed by atoms with E-state index in [4.69, 9.17) is 5.11 Å². The van der Waals surface area contributed by atoms with Crippen molar-refractivity contribution in [2.45, 2.75) is 25.9 Å². The Kier molecular flexibility index (Phi) is 9.38. The minimum atomic E-state index is -1.01. The van der Waals surface area contributed by atoms with Gasteiger partial charge in [0.15, 0.2) is 0 Å². The average molecular weight is 397 g/mol. The molecule has 0 saturated heterocycles. The van der Waals surface area contributed by atoms with Crippen LogP contribution in [-0.2, 0) is 27.5 Å². The van der Waals surface area contributed by atoms with Crippen LogP contribution < -0.4 is 16.0 Å². The lowest BCUT2D eigenvalue weighted by molar-refractivity contribution is -0.136. The van der Waals surface area contributed by atoms with Crippen molar-refractivity contribution in [1.29, 1.82) is 0 Å². The molecule has 0 radical (unpaired) electrons. The average Bonchev–Trinajstić information content (AvgIpc) is 2.76. The maximum absolute atomic E-state index is 12.5. The summed E-state index contributed by atoms with van der Waals surface area (Å²) in [5, 5.41) is 17.0. The van der Waals surface area contributed by atoms with Crippen LogP contribution in [0.2, 0.25) is 0 Å². The standard InChI is InChI=1S/C22H27N3O4/c26-14-13-23-21(28)19(22(29)25-16-18-9-5-2-6-10-18)11-12-20(27)24-15-17-7-3-1-4-8-17/h1-10,19,26H,11-16H2,(H,23,28)(H,24,27)(H,25,29). The molecule has 0 saturated carbocycles. The topological polar surface area (TPSA) is 108 Å². The highest BCUT2D eigenvalue weighted by Gasteiger charge is 2.26. The Balaban J connectivity index is 1.87. The van der Waals surface area contributed by atoms with Crippen molar-refractivity contribution in [1.82, 2.24) is 16.0 Å². The molecule has 1 unspecified atom stereocenters. The van der Waals surface area contributed by atoms with E-state index in [9.17, 15) is 14.4 Å². The minimum Gasteiger partial charge on any atom is -0.395 e. The number of hydrogen-bond acceptors (Lipinski definition) is 4. The van der Waals surface area contributed by atoms with Crippen LogP contribution >= 0.6 is 0 Å². The van der Waals surface area contributed by atoms with E-state index < -0.39 is 17.7 Å². The lowest BCUT2D eigenvalue weighted by Crippen LogP contribution is -2.42. The first-order valence-corrected chi connectivity index (χ1v) is 9.61. The molecular formula is C22H27N3O4. The fourth-order valence-electron chi connectivity index (χ4n) is 2.75. The zero-order chi connectivity index (χ0) is 20.9. The number of carbonyl (C=O) groups is 3. The maximum Gasteiger partial charge on any atom is 0.232 e. The molecule has 0 bridgehead atoms. The van der Waals surface area contributed by atoms with Gasteiger partial charge in [-0.05, 0) is 17.5 Å². The van der Waals surface area contributed by atoms with E-state index in [0.717, 1.165) is 11.1 Å². The van der Waals surface area contributed by atoms with E-state index in [-0.39, 0.29) is 31.9 Å². The minimum absolute atomic E-state index is 0.0444. The molecule has 0 aliphatic rings. The van der Waals surface area contributed by atoms with Crippen molar-refractivity contribution in [3.8, 4) is 0 Å². The van der Waals surface area contributed by atoms with Gasteiger partial charge in [0.25, 0.3) is 0 Å². The molecule has 0 aliphatic heterocycles. The van der Waals surface area contributed by atoms with Gasteiger partial charge in [-0.25, -0.2) is 0 Å². The predicted molar refractivity (Wildman–Crippen MR) is 109 cm³/mol. The van der Waals surface area contributed by atoms with Crippen LogP contribution in [0.15, 0.2) is 60.7 Å². The van der Waals surface area contributed by atoms with Crippen LogP contribution in [0.1, 0.15) is 24.0 Å². The first-order valence-electron chi connectivity index (χ1n) is 9.61. The molecule has 0 aliphatic carbocycles. The Labute approximate surface area is 170 Å². The Morgan fingerprint density at radius 2 is 1.28 bits per heavy atom. The first kappa shape index (κ1) is 22.1. The van der Waals surface area contributed by atoms with Crippen LogP contribution in [0.3, 0.4) is 0 Å². The largest absolute Gasteiger partial charge is 0.395 e. The first-order chi connectivity index (χ1) is 14.1. The zero-order valence-corrected chi connectivity index (χ0v) is 16.3. The van der Waals surface area contributed by atoms with Crippen molar-refractivity contribution in [2.75, 3.05) is 13.2 Å². The summed E-state index contributed by atoms with van der Waals surface area (Å²) < 4.78 is 0. The van der Waals surface area contributed by atoms with Crippen LogP contribution in [0.4, 0.5) is 0 Å². The van der Waals surface area contributed by atoms with Gasteiger partial charge in [0.1, 0.15) is 5.92 Å². The molecule has 2 aromatic carbocycles. The second kappa shape index (κ2) is 12.3. The van der Waals surface area contributed by atoms with Crippen LogP contribution in [0.5, 0.6) is 0 Å². The molecule has 3 amide bonds. The molecule has 0 spiro atoms. The second-order valence-corrected chi connectivity index (χ2v) is 6.57. The van der Waals surface area contributed by atoms with Gasteiger partial charge >= 0.3 is 0 Å². The highest BCUT2D eigenvalue weighted by atomic mass is 16.3. The number of aliphatic hydroxyl groups excluding tert-OH is 1. The third-order valence-corrected chi connectivity index (χ3v) is 4.35. The fraction of sp³-hybridized carbons (Fsp3) is 0.318. The Morgan fingerprint density at radius 3 is 1.83 bits per heavy atom. The summed E-state index contributed by atoms with van der Waals surface area (Å²) in [7, 11) is 0. The number of hydrogen-bond donors (Lipinski definition) is 4. The van der Waals surface area contributed by atoms with Gasteiger partial charge in [-0.2, -0.15) is 0 Å². The molecule has 7 nitrogen and oxygen atoms in total. The summed E-state index contributed by atoms with van der Waals surface area (Å²) in [6.45, 7) is 0.522. The lowest BCUT2D eigenvalue weighted by atomic mass is 10.0. The van der Waals surface area contributed by atoms with Gasteiger partial charge in [-0.15, -0.1) is 0 Å². The molecule has 154 valence electrons. The number of aliphatic hydroxyl groups is 1. The van der Waals surface area contributed by atoms with Gasteiger partial charge < -0.3 is 21.1 Å². The SMILES string of the molecule is O=C(CCC(C(=O)NCCO)C(=O)NCc1ccccc1)NCc1ccccc1. The zero-order valence-electron chi connectivity index (χ0n) is 16.3. The molecular weight excluding hydrogens is 370 g/mol. The van der Waals surface area contributed by atoms with E-state index in [1.165, 1.54) is 0 Å². The summed E-state index contributed by atoms with van der Waals surface area (Å²) >= 11 is 0. The molecule has 7 heteroatoms. The van der Waals surface area contributed by atoms with E-state index in [0.29, 0.717) is 13.1 Å². The Bertz CT molecular complexity index is 781. The van der Waals surface area contributed by atoms with Gasteiger partial charge in [-0.3, -0.25) is 14.4 Å². The number of rotatable bonds is 11. The number of carbonyl (C=O) groups excluding carboxylic acids is 3. The van der Waals surface area contributed by atoms with Crippen LogP contribution in [0.25, 0.3) is 0 Å². The van der Waals surface area contributed by atoms with E-state index in [1.54, 1.807) is 0 Å². The number of nitrogens with one attached hydrogen (secondary N) is 3. The highest BCUT2D eigenvalue weighted by molar-refractivity contribution is 6.00. The summed E-state index contributed by atoms with van der Waals surface area (Å²) in [5.74, 6) is -2.18. The van der Waals surface area contributed by atoms with E-state index in [2.05, 4.69) is 16.0 Å². The summed E-state index contributed by atoms with van der Waals surface area (Å²) in [6.07, 6.45) is 0.126. The van der Waals surface area contributed by atoms with Gasteiger partial charge in [0.05, 0.1) is 6.61 Å². The number of benzene rings is 2. The molecule has 1 atom stereocenters. The molecule has 2 aromatic rings. The molecule has 29 heavy (non-hydrogen) atoms. The second-order valence-electron chi connectivity index (χ2n) is 6.57. The fourth-order valence-corrected chi connectivity index (χ4v) is 2.75. The third kappa shape index (κ3) is 8.15. The van der Waals surface area contributed by atoms with Crippen molar-refractivity contribution < 1.29 is 19.5 Å². The van der Waals surface area contributed by atoms with Crippen molar-refractivity contribution in [3.63, 3.8) is 0 Å². The Morgan fingerprint density at radius 1 is 0.759 bits per heavy atom. The lowest BCUT2D eigenvalue weighted by Gasteiger charge is -2.16. The van der Waals surface area contributed by atoms with Crippen molar-refractivity contribution >= 4 is 17.7 Å². The normalized spacial score (nSPS) is 11.3. The van der Waals surface area contributed by atoms with Crippen LogP contribution in [-0.4, -0.2) is 36.0 Å². The van der Waals surface area contributed by atoms with E-state index >= 15 is 0 Å². The summed E-state index contributed by atoms with van der Waals surface area (Å²) in [5.41, 5.74) is 1.88. The Hall–Kier alpha value is -3.19. The van der Waals surface area contributed by atoms with Crippen LogP contribution in [0, 0.1) is 5.92 Å². The van der Waals surface area contributed by atoms with Gasteiger partial charge in [-0.1, -0.05) is 60.7 Å². The third-order valence-electron chi connectivity index (χ3n) is 4.35.